The van der Waals surface area contributed by atoms with Gasteiger partial charge in [-0.15, -0.1) is 0 Å². The normalized spacial score (nSPS) is 14.8. The van der Waals surface area contributed by atoms with Crippen molar-refractivity contribution in [2.45, 2.75) is 31.9 Å². The summed E-state index contributed by atoms with van der Waals surface area (Å²) >= 11 is 0. The number of aromatic carboxylic acids is 1. The molecular weight excluding hydrogens is 553 g/mol. The Labute approximate surface area is 231 Å². The number of piperidine rings is 1. The summed E-state index contributed by atoms with van der Waals surface area (Å²) in [6, 6.07) is 11.1. The summed E-state index contributed by atoms with van der Waals surface area (Å²) < 4.78 is 73.4. The Hall–Kier alpha value is -4.55. The van der Waals surface area contributed by atoms with Crippen molar-refractivity contribution in [1.82, 2.24) is 9.88 Å². The number of aromatic nitrogens is 1. The van der Waals surface area contributed by atoms with Crippen LogP contribution in [0.25, 0.3) is 0 Å². The topological polar surface area (TPSA) is 100 Å². The molecule has 3 aromatic rings. The van der Waals surface area contributed by atoms with Crippen LogP contribution in [0.4, 0.5) is 27.6 Å². The maximum atomic E-state index is 14.0. The Morgan fingerprint density at radius 1 is 1.10 bits per heavy atom. The van der Waals surface area contributed by atoms with Gasteiger partial charge in [-0.1, -0.05) is 17.7 Å². The van der Waals surface area contributed by atoms with Gasteiger partial charge in [-0.25, -0.2) is 18.6 Å². The van der Waals surface area contributed by atoms with Gasteiger partial charge < -0.3 is 14.7 Å². The number of halogens is 5. The van der Waals surface area contributed by atoms with Gasteiger partial charge in [0.1, 0.15) is 17.9 Å². The second-order valence-electron chi connectivity index (χ2n) is 9.47. The second kappa shape index (κ2) is 11.5. The van der Waals surface area contributed by atoms with Crippen LogP contribution in [0.5, 0.6) is 11.6 Å². The van der Waals surface area contributed by atoms with Gasteiger partial charge in [0.15, 0.2) is 0 Å². The molecule has 0 saturated carbocycles. The predicted molar refractivity (Wildman–Crippen MR) is 136 cm³/mol. The Morgan fingerprint density at radius 2 is 1.80 bits per heavy atom. The first-order chi connectivity index (χ1) is 19.2. The summed E-state index contributed by atoms with van der Waals surface area (Å²) in [4.78, 5) is 44.2. The van der Waals surface area contributed by atoms with Gasteiger partial charge in [0, 0.05) is 24.7 Å². The SMILES string of the molecule is Cc1ccc(C(=O)N(CC(=O)N2CCCC(F)(F)C2)c2ccc(Oc3ncccc3C(F)(F)F)cc2C(=O)O)cc1. The Kier molecular flexibility index (Phi) is 8.27. The maximum absolute atomic E-state index is 14.0. The Bertz CT molecular complexity index is 1460. The van der Waals surface area contributed by atoms with E-state index in [4.69, 9.17) is 4.74 Å². The summed E-state index contributed by atoms with van der Waals surface area (Å²) in [5.74, 6) is -7.46. The highest BCUT2D eigenvalue weighted by Gasteiger charge is 2.38. The van der Waals surface area contributed by atoms with Crippen LogP contribution in [0, 0.1) is 6.92 Å². The number of carbonyl (C=O) groups is 3. The number of hydrogen-bond donors (Lipinski definition) is 1. The fourth-order valence-electron chi connectivity index (χ4n) is 4.32. The molecule has 1 aliphatic heterocycles. The van der Waals surface area contributed by atoms with E-state index in [9.17, 15) is 41.4 Å². The number of alkyl halides is 5. The standard InChI is InChI=1S/C28H24F5N3O5/c1-17-5-7-18(8-6-17)25(38)36(15-23(37)35-13-3-11-27(29,30)16-35)22-10-9-19(14-20(22)26(39)40)41-24-21(28(31,32)33)4-2-12-34-24/h2,4-10,12,14H,3,11,13,15-16H2,1H3,(H,39,40). The number of ether oxygens (including phenoxy) is 1. The van der Waals surface area contributed by atoms with Gasteiger partial charge in [-0.3, -0.25) is 14.5 Å². The Balaban J connectivity index is 1.73. The first-order valence-electron chi connectivity index (χ1n) is 12.4. The van der Waals surface area contributed by atoms with Crippen molar-refractivity contribution in [3.63, 3.8) is 0 Å². The summed E-state index contributed by atoms with van der Waals surface area (Å²) in [6.45, 7) is 0.203. The van der Waals surface area contributed by atoms with E-state index in [-0.39, 0.29) is 36.4 Å². The number of likely N-dealkylation sites (tertiary alicyclic amines) is 1. The van der Waals surface area contributed by atoms with Crippen molar-refractivity contribution < 1.29 is 46.2 Å². The number of carboxylic acid groups (broad SMARTS) is 1. The van der Waals surface area contributed by atoms with E-state index in [1.54, 1.807) is 19.1 Å². The molecule has 2 amide bonds. The number of carboxylic acids is 1. The number of amides is 2. The fourth-order valence-corrected chi connectivity index (χ4v) is 4.32. The molecule has 0 bridgehead atoms. The van der Waals surface area contributed by atoms with Crippen LogP contribution >= 0.6 is 0 Å². The smallest absolute Gasteiger partial charge is 0.421 e. The number of benzene rings is 2. The summed E-state index contributed by atoms with van der Waals surface area (Å²) in [5.41, 5.74) is -1.15. The molecule has 1 N–H and O–H groups in total. The van der Waals surface area contributed by atoms with Crippen molar-refractivity contribution in [3.05, 3.63) is 83.0 Å². The molecule has 1 aromatic heterocycles. The summed E-state index contributed by atoms with van der Waals surface area (Å²) in [5, 5.41) is 9.95. The molecule has 4 rings (SSSR count). The minimum atomic E-state index is -4.80. The second-order valence-corrected chi connectivity index (χ2v) is 9.47. The van der Waals surface area contributed by atoms with Gasteiger partial charge in [0.25, 0.3) is 11.8 Å². The third kappa shape index (κ3) is 6.97. The zero-order valence-corrected chi connectivity index (χ0v) is 21.6. The van der Waals surface area contributed by atoms with Crippen molar-refractivity contribution in [3.8, 4) is 11.6 Å². The minimum absolute atomic E-state index is 0.0329. The molecule has 0 unspecified atom stereocenters. The van der Waals surface area contributed by atoms with Crippen LogP contribution in [0.15, 0.2) is 60.8 Å². The third-order valence-electron chi connectivity index (χ3n) is 6.36. The number of carbonyl (C=O) groups excluding carboxylic acids is 2. The lowest BCUT2D eigenvalue weighted by Crippen LogP contribution is -2.50. The maximum Gasteiger partial charge on any atom is 0.421 e. The highest BCUT2D eigenvalue weighted by Crippen LogP contribution is 2.37. The first-order valence-corrected chi connectivity index (χ1v) is 12.4. The summed E-state index contributed by atoms with van der Waals surface area (Å²) in [7, 11) is 0. The van der Waals surface area contributed by atoms with E-state index >= 15 is 0 Å². The van der Waals surface area contributed by atoms with Gasteiger partial charge in [0.05, 0.1) is 17.8 Å². The van der Waals surface area contributed by atoms with E-state index in [1.807, 2.05) is 0 Å². The molecule has 0 spiro atoms. The highest BCUT2D eigenvalue weighted by molar-refractivity contribution is 6.11. The molecule has 0 aliphatic carbocycles. The number of anilines is 1. The van der Waals surface area contributed by atoms with E-state index in [1.165, 1.54) is 12.1 Å². The van der Waals surface area contributed by atoms with Crippen molar-refractivity contribution in [2.75, 3.05) is 24.5 Å². The van der Waals surface area contributed by atoms with Crippen LogP contribution < -0.4 is 9.64 Å². The predicted octanol–water partition coefficient (Wildman–Crippen LogP) is 5.80. The quantitative estimate of drug-likeness (QED) is 0.356. The molecule has 8 nitrogen and oxygen atoms in total. The average molecular weight is 578 g/mol. The van der Waals surface area contributed by atoms with Crippen LogP contribution in [-0.2, 0) is 11.0 Å². The van der Waals surface area contributed by atoms with Crippen molar-refractivity contribution >= 4 is 23.5 Å². The van der Waals surface area contributed by atoms with Gasteiger partial charge >= 0.3 is 12.1 Å². The van der Waals surface area contributed by atoms with E-state index in [0.29, 0.717) is 0 Å². The molecule has 2 heterocycles. The lowest BCUT2D eigenvalue weighted by Gasteiger charge is -2.34. The number of nitrogens with zero attached hydrogens (tertiary/aromatic N) is 3. The lowest BCUT2D eigenvalue weighted by atomic mass is 10.1. The lowest BCUT2D eigenvalue weighted by molar-refractivity contribution is -0.140. The number of hydrogen-bond acceptors (Lipinski definition) is 5. The van der Waals surface area contributed by atoms with Crippen LogP contribution in [-0.4, -0.2) is 58.3 Å². The van der Waals surface area contributed by atoms with Crippen molar-refractivity contribution in [1.29, 1.82) is 0 Å². The van der Waals surface area contributed by atoms with Gasteiger partial charge in [-0.2, -0.15) is 13.2 Å². The van der Waals surface area contributed by atoms with Crippen LogP contribution in [0.2, 0.25) is 0 Å². The number of rotatable bonds is 7. The molecule has 0 atom stereocenters. The van der Waals surface area contributed by atoms with Gasteiger partial charge in [0.2, 0.25) is 11.8 Å². The first kappa shape index (κ1) is 29.4. The van der Waals surface area contributed by atoms with E-state index in [0.717, 1.165) is 51.9 Å². The third-order valence-corrected chi connectivity index (χ3v) is 6.36. The fraction of sp³-hybridized carbons (Fsp3) is 0.286. The van der Waals surface area contributed by atoms with E-state index in [2.05, 4.69) is 4.98 Å². The molecule has 1 fully saturated rings. The molecular formula is C28H24F5N3O5. The largest absolute Gasteiger partial charge is 0.478 e. The molecule has 216 valence electrons. The zero-order chi connectivity index (χ0) is 29.9. The molecule has 13 heteroatoms. The highest BCUT2D eigenvalue weighted by atomic mass is 19.4. The molecule has 1 saturated heterocycles. The molecule has 0 radical (unpaired) electrons. The van der Waals surface area contributed by atoms with Crippen molar-refractivity contribution in [2.24, 2.45) is 0 Å². The average Bonchev–Trinajstić information content (AvgIpc) is 2.91. The molecule has 1 aliphatic rings. The molecule has 41 heavy (non-hydrogen) atoms. The van der Waals surface area contributed by atoms with Crippen LogP contribution in [0.1, 0.15) is 44.7 Å². The minimum Gasteiger partial charge on any atom is -0.478 e. The number of aryl methyl sites for hydroxylation is 1. The van der Waals surface area contributed by atoms with Crippen LogP contribution in [0.3, 0.4) is 0 Å². The van der Waals surface area contributed by atoms with Gasteiger partial charge in [-0.05, 0) is 55.8 Å². The Morgan fingerprint density at radius 3 is 2.44 bits per heavy atom. The monoisotopic (exact) mass is 577 g/mol. The molecule has 2 aromatic carbocycles. The zero-order valence-electron chi connectivity index (χ0n) is 21.6. The number of pyridine rings is 1. The summed E-state index contributed by atoms with van der Waals surface area (Å²) in [6.07, 6.45) is -4.08. The van der Waals surface area contributed by atoms with E-state index < -0.39 is 60.0 Å².